The number of methoxy groups -OCH3 is 1. The van der Waals surface area contributed by atoms with Crippen molar-refractivity contribution in [3.05, 3.63) is 33.7 Å². The van der Waals surface area contributed by atoms with Crippen LogP contribution in [0.1, 0.15) is 13.8 Å². The van der Waals surface area contributed by atoms with Gasteiger partial charge >= 0.3 is 5.97 Å². The molecule has 0 amide bonds. The number of nitrogens with zero attached hydrogens (tertiary/aromatic N) is 1. The molecule has 1 unspecified atom stereocenters. The summed E-state index contributed by atoms with van der Waals surface area (Å²) in [5, 5.41) is 16.5. The van der Waals surface area contributed by atoms with Crippen LogP contribution in [0.4, 0.5) is 0 Å². The maximum absolute atomic E-state index is 11.2. The van der Waals surface area contributed by atoms with Gasteiger partial charge in [0.15, 0.2) is 6.17 Å². The average molecular weight is 241 g/mol. The molecule has 94 valence electrons. The zero-order chi connectivity index (χ0) is 13.0. The number of carbonyl (C=O) groups is 1. The summed E-state index contributed by atoms with van der Waals surface area (Å²) < 4.78 is 4.54. The first-order valence-electron chi connectivity index (χ1n) is 5.09. The van der Waals surface area contributed by atoms with Crippen molar-refractivity contribution in [2.75, 3.05) is 7.11 Å². The molecule has 7 heteroatoms. The molecule has 2 N–H and O–H groups in total. The van der Waals surface area contributed by atoms with Crippen LogP contribution in [0, 0.1) is 10.1 Å². The molecule has 0 saturated carbocycles. The van der Waals surface area contributed by atoms with E-state index in [1.165, 1.54) is 13.2 Å². The Bertz CT molecular complexity index is 389. The highest BCUT2D eigenvalue weighted by Gasteiger charge is 2.29. The van der Waals surface area contributed by atoms with Crippen molar-refractivity contribution < 1.29 is 14.5 Å². The van der Waals surface area contributed by atoms with Crippen molar-refractivity contribution in [2.24, 2.45) is 0 Å². The monoisotopic (exact) mass is 241 g/mol. The largest absolute Gasteiger partial charge is 0.468 e. The summed E-state index contributed by atoms with van der Waals surface area (Å²) in [5.41, 5.74) is 0.747. The number of hydrogen-bond donors (Lipinski definition) is 2. The summed E-state index contributed by atoms with van der Waals surface area (Å²) in [6.07, 6.45) is 2.32. The second-order valence-corrected chi connectivity index (χ2v) is 3.69. The Morgan fingerprint density at radius 2 is 2.29 bits per heavy atom. The molecule has 7 nitrogen and oxygen atoms in total. The number of hydrogen-bond acceptors (Lipinski definition) is 6. The molecule has 0 aromatic carbocycles. The quantitative estimate of drug-likeness (QED) is 0.413. The second kappa shape index (κ2) is 5.44. The van der Waals surface area contributed by atoms with Gasteiger partial charge in [0.05, 0.1) is 12.0 Å². The van der Waals surface area contributed by atoms with Crippen LogP contribution in [0.3, 0.4) is 0 Å². The van der Waals surface area contributed by atoms with E-state index >= 15 is 0 Å². The smallest absolute Gasteiger partial charge is 0.322 e. The lowest BCUT2D eigenvalue weighted by molar-refractivity contribution is -0.431. The molecule has 0 aliphatic carbocycles. The number of ether oxygens (including phenoxy) is 1. The number of dihydropyridines is 1. The fraction of sp³-hybridized carbons (Fsp3) is 0.500. The Morgan fingerprint density at radius 1 is 1.65 bits per heavy atom. The van der Waals surface area contributed by atoms with E-state index in [0.29, 0.717) is 0 Å². The standard InChI is InChI=1S/C10H15N3O4/c1-6-4-5-8(13(15)16)9(11-6)12-7(2)10(14)17-3/h4-5,7,9,11-12H,1-3H3/t7-,9?/m1/s1. The van der Waals surface area contributed by atoms with Crippen LogP contribution < -0.4 is 10.6 Å². The van der Waals surface area contributed by atoms with E-state index in [-0.39, 0.29) is 5.70 Å². The summed E-state index contributed by atoms with van der Waals surface area (Å²) >= 11 is 0. The topological polar surface area (TPSA) is 93.5 Å². The number of carbonyl (C=O) groups excluding carboxylic acids is 1. The molecule has 0 aromatic heterocycles. The highest BCUT2D eigenvalue weighted by Crippen LogP contribution is 2.10. The van der Waals surface area contributed by atoms with Crippen molar-refractivity contribution in [3.8, 4) is 0 Å². The first-order valence-corrected chi connectivity index (χ1v) is 5.09. The van der Waals surface area contributed by atoms with Crippen molar-refractivity contribution in [2.45, 2.75) is 26.1 Å². The fourth-order valence-corrected chi connectivity index (χ4v) is 1.44. The lowest BCUT2D eigenvalue weighted by Crippen LogP contribution is -2.51. The van der Waals surface area contributed by atoms with Crippen LogP contribution in [-0.2, 0) is 9.53 Å². The van der Waals surface area contributed by atoms with Crippen LogP contribution in [0.25, 0.3) is 0 Å². The summed E-state index contributed by atoms with van der Waals surface area (Å²) in [7, 11) is 1.27. The van der Waals surface area contributed by atoms with Gasteiger partial charge in [-0.15, -0.1) is 0 Å². The summed E-state index contributed by atoms with van der Waals surface area (Å²) in [6, 6.07) is -0.633. The van der Waals surface area contributed by atoms with Gasteiger partial charge in [-0.2, -0.15) is 0 Å². The lowest BCUT2D eigenvalue weighted by atomic mass is 10.2. The van der Waals surface area contributed by atoms with Gasteiger partial charge in [-0.05, 0) is 19.9 Å². The number of nitro groups is 1. The van der Waals surface area contributed by atoms with E-state index in [9.17, 15) is 14.9 Å². The van der Waals surface area contributed by atoms with E-state index < -0.39 is 23.1 Å². The molecule has 1 aliphatic heterocycles. The highest BCUT2D eigenvalue weighted by molar-refractivity contribution is 5.75. The number of rotatable bonds is 4. The van der Waals surface area contributed by atoms with Crippen LogP contribution >= 0.6 is 0 Å². The third-order valence-corrected chi connectivity index (χ3v) is 2.35. The number of esters is 1. The minimum atomic E-state index is -0.705. The van der Waals surface area contributed by atoms with Gasteiger partial charge < -0.3 is 10.1 Å². The second-order valence-electron chi connectivity index (χ2n) is 3.69. The molecule has 1 heterocycles. The van der Waals surface area contributed by atoms with Gasteiger partial charge in [-0.25, -0.2) is 0 Å². The number of allylic oxidation sites excluding steroid dienone is 3. The van der Waals surface area contributed by atoms with Crippen LogP contribution in [0.15, 0.2) is 23.5 Å². The van der Waals surface area contributed by atoms with Gasteiger partial charge in [-0.3, -0.25) is 20.2 Å². The first kappa shape index (κ1) is 13.2. The van der Waals surface area contributed by atoms with E-state index in [0.717, 1.165) is 5.70 Å². The fourth-order valence-electron chi connectivity index (χ4n) is 1.44. The van der Waals surface area contributed by atoms with Gasteiger partial charge in [-0.1, -0.05) is 0 Å². The molecule has 0 fully saturated rings. The lowest BCUT2D eigenvalue weighted by Gasteiger charge is -2.24. The Balaban J connectivity index is 2.76. The number of nitrogens with one attached hydrogen (secondary N) is 2. The van der Waals surface area contributed by atoms with Crippen molar-refractivity contribution >= 4 is 5.97 Å². The minimum Gasteiger partial charge on any atom is -0.468 e. The molecule has 0 bridgehead atoms. The van der Waals surface area contributed by atoms with Crippen molar-refractivity contribution in [1.29, 1.82) is 0 Å². The van der Waals surface area contributed by atoms with E-state index in [4.69, 9.17) is 0 Å². The van der Waals surface area contributed by atoms with Crippen LogP contribution in [0.2, 0.25) is 0 Å². The summed E-state index contributed by atoms with van der Waals surface area (Å²) in [5.74, 6) is -0.471. The maximum atomic E-state index is 11.2. The van der Waals surface area contributed by atoms with E-state index in [1.807, 2.05) is 0 Å². The van der Waals surface area contributed by atoms with Crippen LogP contribution in [-0.4, -0.2) is 30.2 Å². The molecular weight excluding hydrogens is 226 g/mol. The molecule has 1 rings (SSSR count). The minimum absolute atomic E-state index is 0.0358. The van der Waals surface area contributed by atoms with Gasteiger partial charge in [0.2, 0.25) is 0 Å². The Labute approximate surface area is 98.7 Å². The zero-order valence-electron chi connectivity index (χ0n) is 9.89. The Kier molecular flexibility index (Phi) is 4.22. The molecule has 1 aliphatic rings. The first-order chi connectivity index (χ1) is 7.95. The SMILES string of the molecule is COC(=O)[C@@H](C)NC1NC(C)=CC=C1[N+](=O)[O-]. The van der Waals surface area contributed by atoms with Gasteiger partial charge in [0, 0.05) is 11.8 Å². The van der Waals surface area contributed by atoms with E-state index in [2.05, 4.69) is 15.4 Å². The summed E-state index contributed by atoms with van der Waals surface area (Å²) in [6.45, 7) is 3.36. The molecule has 0 aromatic rings. The van der Waals surface area contributed by atoms with Crippen molar-refractivity contribution in [3.63, 3.8) is 0 Å². The molecule has 17 heavy (non-hydrogen) atoms. The van der Waals surface area contributed by atoms with Gasteiger partial charge in [0.1, 0.15) is 6.04 Å². The Morgan fingerprint density at radius 3 is 2.82 bits per heavy atom. The average Bonchev–Trinajstić information content (AvgIpc) is 2.27. The van der Waals surface area contributed by atoms with Crippen molar-refractivity contribution in [1.82, 2.24) is 10.6 Å². The highest BCUT2D eigenvalue weighted by atomic mass is 16.6. The summed E-state index contributed by atoms with van der Waals surface area (Å²) in [4.78, 5) is 21.5. The van der Waals surface area contributed by atoms with E-state index in [1.54, 1.807) is 19.9 Å². The molecular formula is C10H15N3O4. The predicted molar refractivity (Wildman–Crippen MR) is 60.4 cm³/mol. The molecule has 0 spiro atoms. The predicted octanol–water partition coefficient (Wildman–Crippen LogP) is 0.131. The van der Waals surface area contributed by atoms with Crippen LogP contribution in [0.5, 0.6) is 0 Å². The third kappa shape index (κ3) is 3.28. The van der Waals surface area contributed by atoms with Gasteiger partial charge in [0.25, 0.3) is 5.70 Å². The molecule has 0 radical (unpaired) electrons. The third-order valence-electron chi connectivity index (χ3n) is 2.35. The molecule has 0 saturated heterocycles. The zero-order valence-corrected chi connectivity index (χ0v) is 9.89. The Hall–Kier alpha value is -1.89. The molecule has 2 atom stereocenters. The maximum Gasteiger partial charge on any atom is 0.322 e. The normalized spacial score (nSPS) is 20.8.